The van der Waals surface area contributed by atoms with E-state index in [2.05, 4.69) is 13.8 Å². The van der Waals surface area contributed by atoms with Crippen LogP contribution in [0.4, 0.5) is 10.3 Å². The van der Waals surface area contributed by atoms with Crippen LogP contribution in [-0.4, -0.2) is 34.6 Å². The highest BCUT2D eigenvalue weighted by molar-refractivity contribution is 6.08. The number of imidazole rings is 1. The molecule has 2 heterocycles. The minimum atomic E-state index is -1.08. The Morgan fingerprint density at radius 3 is 2.55 bits per heavy atom. The fourth-order valence-corrected chi connectivity index (χ4v) is 4.11. The molecule has 0 spiro atoms. The van der Waals surface area contributed by atoms with Gasteiger partial charge in [-0.2, -0.15) is 0 Å². The number of fused-ring (bicyclic) bond motifs is 3. The van der Waals surface area contributed by atoms with Crippen molar-refractivity contribution >= 4 is 28.9 Å². The standard InChI is InChI=1S/C24H26FN3O3/c1-4-31-23(30)20-21(16-9-11-17(25)12-10-16)28-19-8-6-5-7-18(19)26-24(28)27(22(20)29)14-13-15(2)3/h5-12,15,20-21H,4,13-14H2,1-3H3/t20-,21-/m1/s1. The smallest absolute Gasteiger partial charge is 0.321 e. The van der Waals surface area contributed by atoms with Gasteiger partial charge in [-0.15, -0.1) is 0 Å². The van der Waals surface area contributed by atoms with E-state index in [1.165, 1.54) is 12.1 Å². The molecule has 3 aromatic rings. The number of hydrogen-bond acceptors (Lipinski definition) is 4. The molecule has 1 aliphatic heterocycles. The SMILES string of the molecule is CCOC(=O)[C@H]1C(=O)N(CCC(C)C)c2nc3ccccc3n2[C@@H]1c1ccc(F)cc1. The summed E-state index contributed by atoms with van der Waals surface area (Å²) in [5, 5.41) is 0. The Balaban J connectivity index is 1.95. The van der Waals surface area contributed by atoms with Crippen LogP contribution in [0.3, 0.4) is 0 Å². The fraction of sp³-hybridized carbons (Fsp3) is 0.375. The first-order valence-electron chi connectivity index (χ1n) is 10.6. The average Bonchev–Trinajstić information content (AvgIpc) is 3.12. The number of aromatic nitrogens is 2. The maximum absolute atomic E-state index is 13.6. The molecule has 0 unspecified atom stereocenters. The molecule has 6 nitrogen and oxygen atoms in total. The van der Waals surface area contributed by atoms with Gasteiger partial charge >= 0.3 is 5.97 Å². The molecule has 0 N–H and O–H groups in total. The van der Waals surface area contributed by atoms with Crippen molar-refractivity contribution in [3.05, 3.63) is 59.9 Å². The van der Waals surface area contributed by atoms with Gasteiger partial charge in [0, 0.05) is 6.54 Å². The van der Waals surface area contributed by atoms with Gasteiger partial charge < -0.3 is 9.30 Å². The summed E-state index contributed by atoms with van der Waals surface area (Å²) in [5.74, 6) is -1.50. The Morgan fingerprint density at radius 2 is 1.87 bits per heavy atom. The maximum Gasteiger partial charge on any atom is 0.321 e. The van der Waals surface area contributed by atoms with Gasteiger partial charge in [-0.3, -0.25) is 14.5 Å². The summed E-state index contributed by atoms with van der Waals surface area (Å²) in [5.41, 5.74) is 2.19. The van der Waals surface area contributed by atoms with Crippen molar-refractivity contribution in [1.29, 1.82) is 0 Å². The van der Waals surface area contributed by atoms with Gasteiger partial charge in [0.05, 0.1) is 23.7 Å². The fourth-order valence-electron chi connectivity index (χ4n) is 4.11. The number of benzene rings is 2. The van der Waals surface area contributed by atoms with Crippen LogP contribution in [0, 0.1) is 17.7 Å². The predicted molar refractivity (Wildman–Crippen MR) is 116 cm³/mol. The second-order valence-electron chi connectivity index (χ2n) is 8.17. The number of esters is 1. The number of halogens is 1. The zero-order valence-corrected chi connectivity index (χ0v) is 17.9. The number of rotatable bonds is 6. The van der Waals surface area contributed by atoms with E-state index in [-0.39, 0.29) is 18.3 Å². The second-order valence-corrected chi connectivity index (χ2v) is 8.17. The lowest BCUT2D eigenvalue weighted by atomic mass is 9.89. The van der Waals surface area contributed by atoms with E-state index in [0.717, 1.165) is 17.5 Å². The quantitative estimate of drug-likeness (QED) is 0.437. The topological polar surface area (TPSA) is 64.4 Å². The molecular formula is C24H26FN3O3. The molecule has 0 saturated carbocycles. The summed E-state index contributed by atoms with van der Waals surface area (Å²) >= 11 is 0. The number of carbonyl (C=O) groups is 2. The maximum atomic E-state index is 13.6. The third-order valence-electron chi connectivity index (χ3n) is 5.63. The highest BCUT2D eigenvalue weighted by Crippen LogP contribution is 2.41. The number of hydrogen-bond donors (Lipinski definition) is 0. The van der Waals surface area contributed by atoms with E-state index in [0.29, 0.717) is 24.0 Å². The van der Waals surface area contributed by atoms with Crippen LogP contribution in [-0.2, 0) is 14.3 Å². The van der Waals surface area contributed by atoms with Crippen molar-refractivity contribution in [2.24, 2.45) is 11.8 Å². The summed E-state index contributed by atoms with van der Waals surface area (Å²) in [4.78, 5) is 33.0. The summed E-state index contributed by atoms with van der Waals surface area (Å²) in [6.07, 6.45) is 0.770. The number of ether oxygens (including phenoxy) is 1. The molecule has 1 aliphatic rings. The monoisotopic (exact) mass is 423 g/mol. The third-order valence-corrected chi connectivity index (χ3v) is 5.63. The first kappa shape index (κ1) is 21.0. The largest absolute Gasteiger partial charge is 0.465 e. The summed E-state index contributed by atoms with van der Waals surface area (Å²) in [7, 11) is 0. The van der Waals surface area contributed by atoms with E-state index in [4.69, 9.17) is 9.72 Å². The molecule has 0 fully saturated rings. The van der Waals surface area contributed by atoms with Crippen LogP contribution in [0.1, 0.15) is 38.8 Å². The van der Waals surface area contributed by atoms with Crippen molar-refractivity contribution in [1.82, 2.24) is 9.55 Å². The number of nitrogens with zero attached hydrogens (tertiary/aromatic N) is 3. The Hall–Kier alpha value is -3.22. The van der Waals surface area contributed by atoms with Crippen LogP contribution in [0.2, 0.25) is 0 Å². The molecule has 2 aromatic carbocycles. The molecule has 2 atom stereocenters. The van der Waals surface area contributed by atoms with Crippen molar-refractivity contribution in [3.63, 3.8) is 0 Å². The lowest BCUT2D eigenvalue weighted by Crippen LogP contribution is -2.50. The molecule has 0 aliphatic carbocycles. The molecule has 0 saturated heterocycles. The van der Waals surface area contributed by atoms with Crippen molar-refractivity contribution in [2.45, 2.75) is 33.2 Å². The second kappa shape index (κ2) is 8.49. The summed E-state index contributed by atoms with van der Waals surface area (Å²) in [6, 6.07) is 12.8. The first-order valence-corrected chi connectivity index (χ1v) is 10.6. The van der Waals surface area contributed by atoms with Gasteiger partial charge in [0.15, 0.2) is 5.92 Å². The molecule has 0 bridgehead atoms. The minimum Gasteiger partial charge on any atom is -0.465 e. The summed E-state index contributed by atoms with van der Waals surface area (Å²) in [6.45, 7) is 6.50. The zero-order valence-electron chi connectivity index (χ0n) is 17.9. The zero-order chi connectivity index (χ0) is 22.1. The Morgan fingerprint density at radius 1 is 1.16 bits per heavy atom. The van der Waals surface area contributed by atoms with Crippen molar-refractivity contribution in [2.75, 3.05) is 18.1 Å². The van der Waals surface area contributed by atoms with Crippen LogP contribution >= 0.6 is 0 Å². The Labute approximate surface area is 180 Å². The van der Waals surface area contributed by atoms with Crippen molar-refractivity contribution in [3.8, 4) is 0 Å². The predicted octanol–water partition coefficient (Wildman–Crippen LogP) is 4.34. The van der Waals surface area contributed by atoms with Crippen LogP contribution < -0.4 is 4.90 Å². The number of carbonyl (C=O) groups excluding carboxylic acids is 2. The number of para-hydroxylation sites is 2. The molecule has 4 rings (SSSR count). The van der Waals surface area contributed by atoms with Gasteiger partial charge in [-0.25, -0.2) is 9.37 Å². The molecule has 1 aromatic heterocycles. The van der Waals surface area contributed by atoms with E-state index >= 15 is 0 Å². The van der Waals surface area contributed by atoms with Crippen LogP contribution in [0.5, 0.6) is 0 Å². The third kappa shape index (κ3) is 3.80. The molecule has 7 heteroatoms. The van der Waals surface area contributed by atoms with E-state index < -0.39 is 17.9 Å². The van der Waals surface area contributed by atoms with E-state index in [1.807, 2.05) is 28.8 Å². The van der Waals surface area contributed by atoms with Gasteiger partial charge in [0.1, 0.15) is 5.82 Å². The lowest BCUT2D eigenvalue weighted by Gasteiger charge is -2.38. The van der Waals surface area contributed by atoms with Gasteiger partial charge in [0.2, 0.25) is 11.9 Å². The normalized spacial score (nSPS) is 18.5. The van der Waals surface area contributed by atoms with Crippen LogP contribution in [0.15, 0.2) is 48.5 Å². The van der Waals surface area contributed by atoms with E-state index in [9.17, 15) is 14.0 Å². The molecule has 0 radical (unpaired) electrons. The average molecular weight is 423 g/mol. The van der Waals surface area contributed by atoms with E-state index in [1.54, 1.807) is 24.0 Å². The summed E-state index contributed by atoms with van der Waals surface area (Å²) < 4.78 is 20.9. The van der Waals surface area contributed by atoms with Crippen LogP contribution in [0.25, 0.3) is 11.0 Å². The molecule has 31 heavy (non-hydrogen) atoms. The lowest BCUT2D eigenvalue weighted by molar-refractivity contribution is -0.153. The van der Waals surface area contributed by atoms with Gasteiger partial charge in [-0.1, -0.05) is 38.1 Å². The van der Waals surface area contributed by atoms with Gasteiger partial charge in [-0.05, 0) is 49.1 Å². The molecule has 1 amide bonds. The Kier molecular flexibility index (Phi) is 5.76. The molecule has 162 valence electrons. The highest BCUT2D eigenvalue weighted by atomic mass is 19.1. The van der Waals surface area contributed by atoms with Crippen molar-refractivity contribution < 1.29 is 18.7 Å². The Bertz CT molecular complexity index is 1110. The first-order chi connectivity index (χ1) is 14.9. The molecular weight excluding hydrogens is 397 g/mol. The minimum absolute atomic E-state index is 0.169. The highest BCUT2D eigenvalue weighted by Gasteiger charge is 2.47. The van der Waals surface area contributed by atoms with Gasteiger partial charge in [0.25, 0.3) is 0 Å². The number of anilines is 1. The number of amides is 1.